The lowest BCUT2D eigenvalue weighted by molar-refractivity contribution is 0.102. The van der Waals surface area contributed by atoms with Gasteiger partial charge in [-0.05, 0) is 37.5 Å². The fraction of sp³-hybridized carbons (Fsp3) is 0.353. The van der Waals surface area contributed by atoms with E-state index in [-0.39, 0.29) is 5.91 Å². The summed E-state index contributed by atoms with van der Waals surface area (Å²) in [5.74, 6) is 0.908. The average molecular weight is 347 g/mol. The quantitative estimate of drug-likeness (QED) is 0.919. The Balaban J connectivity index is 1.72. The van der Waals surface area contributed by atoms with E-state index in [1.807, 2.05) is 0 Å². The Labute approximate surface area is 145 Å². The van der Waals surface area contributed by atoms with E-state index in [9.17, 15) is 4.79 Å². The predicted octanol–water partition coefficient (Wildman–Crippen LogP) is 3.38. The van der Waals surface area contributed by atoms with E-state index in [1.54, 1.807) is 30.6 Å². The first-order valence-electron chi connectivity index (χ1n) is 7.89. The lowest BCUT2D eigenvalue weighted by Gasteiger charge is -2.26. The monoisotopic (exact) mass is 346 g/mol. The number of rotatable bonds is 4. The van der Waals surface area contributed by atoms with Gasteiger partial charge in [0, 0.05) is 30.5 Å². The minimum Gasteiger partial charge on any atom is -0.495 e. The Morgan fingerprint density at radius 3 is 2.58 bits per heavy atom. The summed E-state index contributed by atoms with van der Waals surface area (Å²) >= 11 is 5.97. The van der Waals surface area contributed by atoms with E-state index in [1.165, 1.54) is 13.5 Å². The highest BCUT2D eigenvalue weighted by atomic mass is 35.5. The molecule has 1 fully saturated rings. The highest BCUT2D eigenvalue weighted by molar-refractivity contribution is 6.31. The molecule has 1 saturated heterocycles. The Bertz CT molecular complexity index is 715. The number of methoxy groups -OCH3 is 1. The molecule has 2 aromatic rings. The third-order valence-electron chi connectivity index (χ3n) is 3.95. The summed E-state index contributed by atoms with van der Waals surface area (Å²) in [5.41, 5.74) is 0.896. The van der Waals surface area contributed by atoms with E-state index in [2.05, 4.69) is 20.2 Å². The first-order chi connectivity index (χ1) is 11.7. The molecule has 6 nitrogen and oxygen atoms in total. The van der Waals surface area contributed by atoms with Crippen LogP contribution in [0.2, 0.25) is 5.02 Å². The van der Waals surface area contributed by atoms with Crippen LogP contribution in [0.25, 0.3) is 0 Å². The summed E-state index contributed by atoms with van der Waals surface area (Å²) in [6, 6.07) is 5.04. The molecule has 0 spiro atoms. The summed E-state index contributed by atoms with van der Waals surface area (Å²) in [4.78, 5) is 23.2. The van der Waals surface area contributed by atoms with Gasteiger partial charge < -0.3 is 15.0 Å². The molecule has 0 aliphatic carbocycles. The molecule has 1 aromatic carbocycles. The largest absolute Gasteiger partial charge is 0.495 e. The first-order valence-corrected chi connectivity index (χ1v) is 8.27. The van der Waals surface area contributed by atoms with Crippen molar-refractivity contribution < 1.29 is 9.53 Å². The second-order valence-corrected chi connectivity index (χ2v) is 6.05. The number of amides is 1. The van der Waals surface area contributed by atoms with Gasteiger partial charge in [-0.15, -0.1) is 0 Å². The van der Waals surface area contributed by atoms with Gasteiger partial charge in [-0.1, -0.05) is 11.6 Å². The van der Waals surface area contributed by atoms with Crippen molar-refractivity contribution in [3.8, 4) is 5.75 Å². The normalized spacial score (nSPS) is 14.3. The molecule has 1 aliphatic rings. The maximum Gasteiger partial charge on any atom is 0.258 e. The molecule has 3 rings (SSSR count). The molecule has 2 heterocycles. The van der Waals surface area contributed by atoms with Crippen LogP contribution >= 0.6 is 11.6 Å². The Morgan fingerprint density at radius 1 is 1.21 bits per heavy atom. The van der Waals surface area contributed by atoms with Crippen LogP contribution in [0, 0.1) is 0 Å². The number of hydrogen-bond acceptors (Lipinski definition) is 5. The van der Waals surface area contributed by atoms with Gasteiger partial charge in [0.15, 0.2) is 0 Å². The number of nitrogens with zero attached hydrogens (tertiary/aromatic N) is 3. The number of anilines is 2. The second kappa shape index (κ2) is 7.49. The van der Waals surface area contributed by atoms with Crippen LogP contribution in [0.3, 0.4) is 0 Å². The van der Waals surface area contributed by atoms with Crippen LogP contribution in [0.15, 0.2) is 30.6 Å². The second-order valence-electron chi connectivity index (χ2n) is 5.62. The number of piperidine rings is 1. The van der Waals surface area contributed by atoms with Crippen molar-refractivity contribution >= 4 is 29.1 Å². The van der Waals surface area contributed by atoms with Crippen molar-refractivity contribution in [1.82, 2.24) is 9.97 Å². The zero-order chi connectivity index (χ0) is 16.9. The van der Waals surface area contributed by atoms with E-state index in [4.69, 9.17) is 16.3 Å². The predicted molar refractivity (Wildman–Crippen MR) is 94.1 cm³/mol. The minimum atomic E-state index is -0.305. The number of halogens is 1. The molecule has 1 aliphatic heterocycles. The summed E-state index contributed by atoms with van der Waals surface area (Å²) < 4.78 is 5.22. The van der Waals surface area contributed by atoms with Crippen molar-refractivity contribution in [2.24, 2.45) is 0 Å². The molecule has 0 bridgehead atoms. The lowest BCUT2D eigenvalue weighted by atomic mass is 10.1. The van der Waals surface area contributed by atoms with Gasteiger partial charge in [-0.2, -0.15) is 0 Å². The van der Waals surface area contributed by atoms with Crippen molar-refractivity contribution in [3.05, 3.63) is 41.2 Å². The average Bonchev–Trinajstić information content (AvgIpc) is 2.63. The van der Waals surface area contributed by atoms with Crippen molar-refractivity contribution in [1.29, 1.82) is 0 Å². The van der Waals surface area contributed by atoms with Gasteiger partial charge in [0.25, 0.3) is 5.91 Å². The zero-order valence-electron chi connectivity index (χ0n) is 13.5. The molecular formula is C17H19ClN4O2. The lowest BCUT2D eigenvalue weighted by Crippen LogP contribution is -2.31. The fourth-order valence-corrected chi connectivity index (χ4v) is 2.84. The topological polar surface area (TPSA) is 67.3 Å². The number of hydrogen-bond donors (Lipinski definition) is 1. The number of nitrogens with one attached hydrogen (secondary N) is 1. The molecular weight excluding hydrogens is 328 g/mol. The van der Waals surface area contributed by atoms with E-state index in [0.717, 1.165) is 25.9 Å². The Kier molecular flexibility index (Phi) is 5.15. The highest BCUT2D eigenvalue weighted by Gasteiger charge is 2.15. The standard InChI is InChI=1S/C17H19ClN4O2/c1-24-15-6-5-13(18)9-14(15)21-16(23)12-10-19-17(20-11-12)22-7-3-2-4-8-22/h5-6,9-11H,2-4,7-8H2,1H3,(H,21,23). The van der Waals surface area contributed by atoms with Crippen LogP contribution < -0.4 is 15.0 Å². The molecule has 0 atom stereocenters. The summed E-state index contributed by atoms with van der Waals surface area (Å²) in [6.07, 6.45) is 6.64. The maximum absolute atomic E-state index is 12.4. The third kappa shape index (κ3) is 3.76. The SMILES string of the molecule is COc1ccc(Cl)cc1NC(=O)c1cnc(N2CCCCC2)nc1. The van der Waals surface area contributed by atoms with Crippen LogP contribution in [0.5, 0.6) is 5.75 Å². The molecule has 0 unspecified atom stereocenters. The molecule has 24 heavy (non-hydrogen) atoms. The first kappa shape index (κ1) is 16.5. The van der Waals surface area contributed by atoms with E-state index >= 15 is 0 Å². The molecule has 1 aromatic heterocycles. The van der Waals surface area contributed by atoms with Crippen LogP contribution in [0.1, 0.15) is 29.6 Å². The summed E-state index contributed by atoms with van der Waals surface area (Å²) in [6.45, 7) is 1.93. The Hall–Kier alpha value is -2.34. The molecule has 1 N–H and O–H groups in total. The van der Waals surface area contributed by atoms with Gasteiger partial charge in [0.2, 0.25) is 5.95 Å². The van der Waals surface area contributed by atoms with Crippen molar-refractivity contribution in [2.75, 3.05) is 30.4 Å². The van der Waals surface area contributed by atoms with Gasteiger partial charge in [0.1, 0.15) is 5.75 Å². The third-order valence-corrected chi connectivity index (χ3v) is 4.18. The smallest absolute Gasteiger partial charge is 0.258 e. The maximum atomic E-state index is 12.4. The number of benzene rings is 1. The van der Waals surface area contributed by atoms with Gasteiger partial charge in [-0.25, -0.2) is 9.97 Å². The van der Waals surface area contributed by atoms with Crippen LogP contribution in [-0.2, 0) is 0 Å². The van der Waals surface area contributed by atoms with Crippen molar-refractivity contribution in [2.45, 2.75) is 19.3 Å². The van der Waals surface area contributed by atoms with Gasteiger partial charge in [-0.3, -0.25) is 4.79 Å². The van der Waals surface area contributed by atoms with Crippen molar-refractivity contribution in [3.63, 3.8) is 0 Å². The zero-order valence-corrected chi connectivity index (χ0v) is 14.2. The summed E-state index contributed by atoms with van der Waals surface area (Å²) in [7, 11) is 1.54. The molecule has 1 amide bonds. The fourth-order valence-electron chi connectivity index (χ4n) is 2.67. The molecule has 0 saturated carbocycles. The van der Waals surface area contributed by atoms with E-state index < -0.39 is 0 Å². The number of ether oxygens (including phenoxy) is 1. The number of carbonyl (C=O) groups is 1. The van der Waals surface area contributed by atoms with Crippen LogP contribution in [0.4, 0.5) is 11.6 Å². The molecule has 0 radical (unpaired) electrons. The number of carbonyl (C=O) groups excluding carboxylic acids is 1. The highest BCUT2D eigenvalue weighted by Crippen LogP contribution is 2.28. The van der Waals surface area contributed by atoms with E-state index in [0.29, 0.717) is 28.0 Å². The molecule has 7 heteroatoms. The minimum absolute atomic E-state index is 0.305. The summed E-state index contributed by atoms with van der Waals surface area (Å²) in [5, 5.41) is 3.29. The van der Waals surface area contributed by atoms with Gasteiger partial charge in [0.05, 0.1) is 18.4 Å². The molecule has 126 valence electrons. The Morgan fingerprint density at radius 2 is 1.92 bits per heavy atom. The number of aromatic nitrogens is 2. The van der Waals surface area contributed by atoms with Crippen LogP contribution in [-0.4, -0.2) is 36.1 Å². The van der Waals surface area contributed by atoms with Gasteiger partial charge >= 0.3 is 0 Å².